The molecule has 0 bridgehead atoms. The van der Waals surface area contributed by atoms with E-state index in [1.165, 1.54) is 17.8 Å². The number of nitrogens with one attached hydrogen (secondary N) is 1. The van der Waals surface area contributed by atoms with Gasteiger partial charge in [-0.3, -0.25) is 9.59 Å². The Morgan fingerprint density at radius 1 is 1.12 bits per heavy atom. The molecule has 7 heteroatoms. The van der Waals surface area contributed by atoms with Crippen LogP contribution < -0.4 is 10.1 Å². The number of benzene rings is 2. The zero-order valence-electron chi connectivity index (χ0n) is 14.4. The van der Waals surface area contributed by atoms with Crippen LogP contribution in [0.5, 0.6) is 5.75 Å². The number of rotatable bonds is 9. The fourth-order valence-corrected chi connectivity index (χ4v) is 2.81. The van der Waals surface area contributed by atoms with Crippen LogP contribution >= 0.6 is 11.8 Å². The van der Waals surface area contributed by atoms with Gasteiger partial charge in [-0.2, -0.15) is 0 Å². The number of ether oxygens (including phenoxy) is 2. The number of carbonyl (C=O) groups is 2. The lowest BCUT2D eigenvalue weighted by atomic mass is 10.2. The van der Waals surface area contributed by atoms with Crippen molar-refractivity contribution in [2.75, 3.05) is 25.5 Å². The lowest BCUT2D eigenvalue weighted by molar-refractivity contribution is -0.141. The lowest BCUT2D eigenvalue weighted by Crippen LogP contribution is -2.30. The van der Waals surface area contributed by atoms with Gasteiger partial charge in [0.25, 0.3) is 5.91 Å². The fourth-order valence-electron chi connectivity index (χ4n) is 2.04. The molecule has 2 aromatic rings. The van der Waals surface area contributed by atoms with E-state index in [0.29, 0.717) is 28.6 Å². The first-order valence-electron chi connectivity index (χ1n) is 8.14. The summed E-state index contributed by atoms with van der Waals surface area (Å²) in [6, 6.07) is 13.0. The van der Waals surface area contributed by atoms with Crippen LogP contribution in [0, 0.1) is 5.82 Å². The van der Waals surface area contributed by atoms with Crippen LogP contribution in [-0.4, -0.2) is 37.4 Å². The molecule has 0 heterocycles. The smallest absolute Gasteiger partial charge is 0.325 e. The van der Waals surface area contributed by atoms with Crippen LogP contribution in [0.4, 0.5) is 4.39 Å². The molecule has 138 valence electrons. The minimum atomic E-state index is -0.543. The minimum absolute atomic E-state index is 0.136. The molecular formula is C19H20FNO4S. The summed E-state index contributed by atoms with van der Waals surface area (Å²) in [5.74, 6) is -0.106. The Morgan fingerprint density at radius 2 is 1.85 bits per heavy atom. The van der Waals surface area contributed by atoms with Crippen molar-refractivity contribution in [2.45, 2.75) is 11.8 Å². The summed E-state index contributed by atoms with van der Waals surface area (Å²) in [7, 11) is 0. The highest BCUT2D eigenvalue weighted by Gasteiger charge is 2.09. The topological polar surface area (TPSA) is 64.6 Å². The zero-order chi connectivity index (χ0) is 18.8. The monoisotopic (exact) mass is 377 g/mol. The number of halogens is 1. The maximum Gasteiger partial charge on any atom is 0.325 e. The maximum atomic E-state index is 13.4. The Labute approximate surface area is 155 Å². The average Bonchev–Trinajstić information content (AvgIpc) is 2.65. The number of hydrogen-bond acceptors (Lipinski definition) is 5. The summed E-state index contributed by atoms with van der Waals surface area (Å²) in [4.78, 5) is 24.1. The van der Waals surface area contributed by atoms with Gasteiger partial charge >= 0.3 is 5.97 Å². The van der Waals surface area contributed by atoms with Crippen molar-refractivity contribution < 1.29 is 23.5 Å². The summed E-state index contributed by atoms with van der Waals surface area (Å²) in [5.41, 5.74) is 0.427. The molecule has 0 spiro atoms. The maximum absolute atomic E-state index is 13.4. The van der Waals surface area contributed by atoms with E-state index in [1.807, 2.05) is 6.92 Å². The molecule has 0 aliphatic rings. The predicted octanol–water partition coefficient (Wildman–Crippen LogP) is 3.29. The van der Waals surface area contributed by atoms with E-state index in [0.717, 1.165) is 0 Å². The SMILES string of the molecule is CCOc1ccc(C(=O)NCC(=O)OCCSc2ccccc2F)cc1. The number of hydrogen-bond donors (Lipinski definition) is 1. The van der Waals surface area contributed by atoms with Crippen molar-refractivity contribution in [3.05, 3.63) is 59.9 Å². The van der Waals surface area contributed by atoms with E-state index in [9.17, 15) is 14.0 Å². The molecular weight excluding hydrogens is 357 g/mol. The number of amides is 1. The Kier molecular flexibility index (Phi) is 7.95. The third-order valence-electron chi connectivity index (χ3n) is 3.26. The number of thioether (sulfide) groups is 1. The Bertz CT molecular complexity index is 737. The van der Waals surface area contributed by atoms with Crippen LogP contribution in [0.25, 0.3) is 0 Å². The zero-order valence-corrected chi connectivity index (χ0v) is 15.2. The number of esters is 1. The highest BCUT2D eigenvalue weighted by molar-refractivity contribution is 7.99. The highest BCUT2D eigenvalue weighted by Crippen LogP contribution is 2.20. The molecule has 0 aliphatic carbocycles. The van der Waals surface area contributed by atoms with Gasteiger partial charge < -0.3 is 14.8 Å². The third-order valence-corrected chi connectivity index (χ3v) is 4.27. The molecule has 2 aromatic carbocycles. The molecule has 0 saturated heterocycles. The second-order valence-corrected chi connectivity index (χ2v) is 6.28. The molecule has 0 radical (unpaired) electrons. The lowest BCUT2D eigenvalue weighted by Gasteiger charge is -2.08. The molecule has 0 atom stereocenters. The summed E-state index contributed by atoms with van der Waals surface area (Å²) in [5, 5.41) is 2.50. The second-order valence-electron chi connectivity index (χ2n) is 5.14. The third kappa shape index (κ3) is 6.40. The summed E-state index contributed by atoms with van der Waals surface area (Å²) >= 11 is 1.26. The Hall–Kier alpha value is -2.54. The molecule has 5 nitrogen and oxygen atoms in total. The first-order chi connectivity index (χ1) is 12.6. The molecule has 0 saturated carbocycles. The predicted molar refractivity (Wildman–Crippen MR) is 98.0 cm³/mol. The van der Waals surface area contributed by atoms with Gasteiger partial charge in [0.05, 0.1) is 6.61 Å². The van der Waals surface area contributed by atoms with Crippen LogP contribution in [0.1, 0.15) is 17.3 Å². The largest absolute Gasteiger partial charge is 0.494 e. The van der Waals surface area contributed by atoms with Gasteiger partial charge in [0.2, 0.25) is 0 Å². The van der Waals surface area contributed by atoms with Crippen LogP contribution in [0.2, 0.25) is 0 Å². The fraction of sp³-hybridized carbons (Fsp3) is 0.263. The van der Waals surface area contributed by atoms with E-state index >= 15 is 0 Å². The molecule has 0 fully saturated rings. The van der Waals surface area contributed by atoms with E-state index in [1.54, 1.807) is 42.5 Å². The summed E-state index contributed by atoms with van der Waals surface area (Å²) < 4.78 is 23.8. The molecule has 0 aliphatic heterocycles. The summed E-state index contributed by atoms with van der Waals surface area (Å²) in [6.07, 6.45) is 0. The van der Waals surface area contributed by atoms with E-state index in [-0.39, 0.29) is 24.9 Å². The van der Waals surface area contributed by atoms with Gasteiger partial charge in [-0.25, -0.2) is 4.39 Å². The highest BCUT2D eigenvalue weighted by atomic mass is 32.2. The van der Waals surface area contributed by atoms with Gasteiger partial charge in [-0.05, 0) is 43.3 Å². The molecule has 0 aromatic heterocycles. The van der Waals surface area contributed by atoms with Crippen molar-refractivity contribution >= 4 is 23.6 Å². The van der Waals surface area contributed by atoms with Crippen molar-refractivity contribution in [3.63, 3.8) is 0 Å². The van der Waals surface area contributed by atoms with E-state index in [2.05, 4.69) is 5.32 Å². The van der Waals surface area contributed by atoms with Gasteiger partial charge in [-0.1, -0.05) is 12.1 Å². The van der Waals surface area contributed by atoms with E-state index < -0.39 is 5.97 Å². The second kappa shape index (κ2) is 10.5. The van der Waals surface area contributed by atoms with Gasteiger partial charge in [-0.15, -0.1) is 11.8 Å². The van der Waals surface area contributed by atoms with Crippen molar-refractivity contribution in [2.24, 2.45) is 0 Å². The quantitative estimate of drug-likeness (QED) is 0.413. The van der Waals surface area contributed by atoms with Gasteiger partial charge in [0, 0.05) is 16.2 Å². The standard InChI is InChI=1S/C19H20FNO4S/c1-2-24-15-9-7-14(8-10-15)19(23)21-13-18(22)25-11-12-26-17-6-4-3-5-16(17)20/h3-10H,2,11-13H2,1H3,(H,21,23). The minimum Gasteiger partial charge on any atom is -0.494 e. The van der Waals surface area contributed by atoms with Crippen molar-refractivity contribution in [3.8, 4) is 5.75 Å². The Morgan fingerprint density at radius 3 is 2.54 bits per heavy atom. The molecule has 0 unspecified atom stereocenters. The molecule has 1 amide bonds. The number of carbonyl (C=O) groups excluding carboxylic acids is 2. The van der Waals surface area contributed by atoms with Crippen LogP contribution in [-0.2, 0) is 9.53 Å². The normalized spacial score (nSPS) is 10.2. The molecule has 26 heavy (non-hydrogen) atoms. The van der Waals surface area contributed by atoms with Gasteiger partial charge in [0.1, 0.15) is 24.7 Å². The van der Waals surface area contributed by atoms with Crippen molar-refractivity contribution in [1.29, 1.82) is 0 Å². The first kappa shape index (κ1) is 19.8. The van der Waals surface area contributed by atoms with Crippen LogP contribution in [0.15, 0.2) is 53.4 Å². The van der Waals surface area contributed by atoms with Gasteiger partial charge in [0.15, 0.2) is 0 Å². The summed E-state index contributed by atoms with van der Waals surface area (Å²) in [6.45, 7) is 2.33. The van der Waals surface area contributed by atoms with E-state index in [4.69, 9.17) is 9.47 Å². The molecule has 2 rings (SSSR count). The molecule has 1 N–H and O–H groups in total. The van der Waals surface area contributed by atoms with Crippen LogP contribution in [0.3, 0.4) is 0 Å². The van der Waals surface area contributed by atoms with Crippen molar-refractivity contribution in [1.82, 2.24) is 5.32 Å². The average molecular weight is 377 g/mol. The Balaban J connectivity index is 1.66. The first-order valence-corrected chi connectivity index (χ1v) is 9.12.